The molecular formula is C12H15BrN2O. The zero-order chi connectivity index (χ0) is 11.4. The Morgan fingerprint density at radius 1 is 1.38 bits per heavy atom. The van der Waals surface area contributed by atoms with E-state index in [2.05, 4.69) is 27.4 Å². The summed E-state index contributed by atoms with van der Waals surface area (Å²) in [6, 6.07) is 8.10. The highest BCUT2D eigenvalue weighted by Gasteiger charge is 2.19. The summed E-state index contributed by atoms with van der Waals surface area (Å²) in [5.74, 6) is 5.64. The van der Waals surface area contributed by atoms with Gasteiger partial charge in [0, 0.05) is 4.47 Å². The maximum atomic E-state index is 5.64. The second kappa shape index (κ2) is 5.48. The Morgan fingerprint density at radius 2 is 2.19 bits per heavy atom. The first-order chi connectivity index (χ1) is 7.83. The molecule has 86 valence electrons. The van der Waals surface area contributed by atoms with Gasteiger partial charge in [-0.15, -0.1) is 0 Å². The van der Waals surface area contributed by atoms with Gasteiger partial charge in [-0.25, -0.2) is 5.43 Å². The first-order valence-electron chi connectivity index (χ1n) is 5.34. The molecule has 3 N–H and O–H groups in total. The number of nitrogens with two attached hydrogens (primary N) is 1. The number of hydrogen-bond acceptors (Lipinski definition) is 3. The molecule has 0 fully saturated rings. The number of ether oxygens (including phenoxy) is 1. The summed E-state index contributed by atoms with van der Waals surface area (Å²) < 4.78 is 6.41. The van der Waals surface area contributed by atoms with Crippen molar-refractivity contribution in [3.05, 3.63) is 46.1 Å². The minimum Gasteiger partial charge on any atom is -0.501 e. The van der Waals surface area contributed by atoms with Gasteiger partial charge in [-0.05, 0) is 30.0 Å². The van der Waals surface area contributed by atoms with Crippen LogP contribution in [0.15, 0.2) is 40.6 Å². The molecule has 0 aromatic heterocycles. The molecule has 4 heteroatoms. The van der Waals surface area contributed by atoms with Gasteiger partial charge in [0.15, 0.2) is 0 Å². The molecule has 16 heavy (non-hydrogen) atoms. The number of hydrazine groups is 1. The van der Waals surface area contributed by atoms with E-state index >= 15 is 0 Å². The lowest BCUT2D eigenvalue weighted by atomic mass is 9.96. The molecule has 1 aliphatic rings. The quantitative estimate of drug-likeness (QED) is 0.662. The summed E-state index contributed by atoms with van der Waals surface area (Å²) in [4.78, 5) is 0. The highest BCUT2D eigenvalue weighted by Crippen LogP contribution is 2.31. The van der Waals surface area contributed by atoms with Crippen molar-refractivity contribution in [3.63, 3.8) is 0 Å². The maximum absolute atomic E-state index is 5.64. The monoisotopic (exact) mass is 282 g/mol. The Balaban J connectivity index is 2.28. The smallest absolute Gasteiger partial charge is 0.0876 e. The summed E-state index contributed by atoms with van der Waals surface area (Å²) in [5, 5.41) is 0. The third kappa shape index (κ3) is 2.45. The first kappa shape index (κ1) is 11.6. The Hall–Kier alpha value is -0.840. The lowest BCUT2D eigenvalue weighted by Crippen LogP contribution is -2.30. The molecule has 0 aliphatic carbocycles. The standard InChI is InChI=1S/C12H15BrN2O/c13-11-6-2-1-5-10(11)12(15-14)9-4-3-7-16-8-9/h1-2,5-6,8,12,15H,3-4,7,14H2. The van der Waals surface area contributed by atoms with Gasteiger partial charge in [-0.2, -0.15) is 0 Å². The number of rotatable bonds is 3. The zero-order valence-corrected chi connectivity index (χ0v) is 10.5. The Morgan fingerprint density at radius 3 is 2.81 bits per heavy atom. The van der Waals surface area contributed by atoms with E-state index in [1.807, 2.05) is 24.5 Å². The summed E-state index contributed by atoms with van der Waals surface area (Å²) in [6.07, 6.45) is 3.90. The summed E-state index contributed by atoms with van der Waals surface area (Å²) in [6.45, 7) is 0.802. The molecule has 1 aromatic rings. The molecule has 1 heterocycles. The molecule has 0 bridgehead atoms. The van der Waals surface area contributed by atoms with Crippen LogP contribution in [0.5, 0.6) is 0 Å². The Kier molecular flexibility index (Phi) is 3.98. The van der Waals surface area contributed by atoms with Crippen LogP contribution in [0.3, 0.4) is 0 Å². The van der Waals surface area contributed by atoms with E-state index in [0.29, 0.717) is 0 Å². The molecule has 1 aliphatic heterocycles. The van der Waals surface area contributed by atoms with E-state index in [9.17, 15) is 0 Å². The van der Waals surface area contributed by atoms with Crippen molar-refractivity contribution in [1.29, 1.82) is 0 Å². The Labute approximate surface area is 104 Å². The summed E-state index contributed by atoms with van der Waals surface area (Å²) in [7, 11) is 0. The van der Waals surface area contributed by atoms with Gasteiger partial charge in [0.1, 0.15) is 0 Å². The minimum absolute atomic E-state index is 0.0240. The second-order valence-electron chi connectivity index (χ2n) is 3.79. The van der Waals surface area contributed by atoms with E-state index < -0.39 is 0 Å². The van der Waals surface area contributed by atoms with Gasteiger partial charge in [0.2, 0.25) is 0 Å². The van der Waals surface area contributed by atoms with Crippen LogP contribution in [-0.2, 0) is 4.74 Å². The first-order valence-corrected chi connectivity index (χ1v) is 6.13. The van der Waals surface area contributed by atoms with Gasteiger partial charge >= 0.3 is 0 Å². The van der Waals surface area contributed by atoms with Crippen molar-refractivity contribution in [2.75, 3.05) is 6.61 Å². The summed E-state index contributed by atoms with van der Waals surface area (Å²) in [5.41, 5.74) is 5.19. The second-order valence-corrected chi connectivity index (χ2v) is 4.64. The van der Waals surface area contributed by atoms with Crippen molar-refractivity contribution in [2.45, 2.75) is 18.9 Å². The van der Waals surface area contributed by atoms with E-state index in [4.69, 9.17) is 10.6 Å². The normalized spacial score (nSPS) is 17.5. The average molecular weight is 283 g/mol. The molecule has 0 spiro atoms. The fraction of sp³-hybridized carbons (Fsp3) is 0.333. The lowest BCUT2D eigenvalue weighted by molar-refractivity contribution is 0.219. The van der Waals surface area contributed by atoms with Crippen LogP contribution in [-0.4, -0.2) is 6.61 Å². The molecule has 0 radical (unpaired) electrons. The van der Waals surface area contributed by atoms with Crippen LogP contribution in [0.4, 0.5) is 0 Å². The number of hydrogen-bond donors (Lipinski definition) is 2. The van der Waals surface area contributed by atoms with Crippen molar-refractivity contribution in [3.8, 4) is 0 Å². The predicted molar refractivity (Wildman–Crippen MR) is 67.5 cm³/mol. The Bertz CT molecular complexity index is 392. The van der Waals surface area contributed by atoms with E-state index in [-0.39, 0.29) is 6.04 Å². The third-order valence-electron chi connectivity index (χ3n) is 2.72. The predicted octanol–water partition coefficient (Wildman–Crippen LogP) is 2.65. The largest absolute Gasteiger partial charge is 0.501 e. The third-order valence-corrected chi connectivity index (χ3v) is 3.44. The van der Waals surface area contributed by atoms with Gasteiger partial charge < -0.3 is 4.74 Å². The van der Waals surface area contributed by atoms with Crippen molar-refractivity contribution < 1.29 is 4.74 Å². The molecule has 0 saturated heterocycles. The van der Waals surface area contributed by atoms with Crippen LogP contribution < -0.4 is 11.3 Å². The number of benzene rings is 1. The molecule has 0 amide bonds. The van der Waals surface area contributed by atoms with Crippen molar-refractivity contribution in [2.24, 2.45) is 5.84 Å². The SMILES string of the molecule is NNC(C1=COCCC1)c1ccccc1Br. The molecule has 1 atom stereocenters. The average Bonchev–Trinajstić information content (AvgIpc) is 2.34. The van der Waals surface area contributed by atoms with Crippen LogP contribution >= 0.6 is 15.9 Å². The molecule has 1 aromatic carbocycles. The molecule has 2 rings (SSSR count). The molecular weight excluding hydrogens is 268 g/mol. The van der Waals surface area contributed by atoms with Crippen LogP contribution in [0.2, 0.25) is 0 Å². The van der Waals surface area contributed by atoms with Crippen LogP contribution in [0.1, 0.15) is 24.4 Å². The van der Waals surface area contributed by atoms with Gasteiger partial charge in [-0.1, -0.05) is 34.1 Å². The van der Waals surface area contributed by atoms with E-state index in [1.165, 1.54) is 5.57 Å². The van der Waals surface area contributed by atoms with E-state index in [1.54, 1.807) is 0 Å². The lowest BCUT2D eigenvalue weighted by Gasteiger charge is -2.23. The molecule has 3 nitrogen and oxygen atoms in total. The van der Waals surface area contributed by atoms with Crippen LogP contribution in [0.25, 0.3) is 0 Å². The number of halogens is 1. The van der Waals surface area contributed by atoms with Gasteiger partial charge in [0.05, 0.1) is 18.9 Å². The fourth-order valence-electron chi connectivity index (χ4n) is 1.90. The fourth-order valence-corrected chi connectivity index (χ4v) is 2.42. The van der Waals surface area contributed by atoms with Crippen molar-refractivity contribution >= 4 is 15.9 Å². The van der Waals surface area contributed by atoms with Crippen molar-refractivity contribution in [1.82, 2.24) is 5.43 Å². The van der Waals surface area contributed by atoms with Gasteiger partial charge in [0.25, 0.3) is 0 Å². The molecule has 0 saturated carbocycles. The minimum atomic E-state index is 0.0240. The number of nitrogens with one attached hydrogen (secondary N) is 1. The van der Waals surface area contributed by atoms with Gasteiger partial charge in [-0.3, -0.25) is 5.84 Å². The topological polar surface area (TPSA) is 47.3 Å². The maximum Gasteiger partial charge on any atom is 0.0876 e. The highest BCUT2D eigenvalue weighted by atomic mass is 79.9. The van der Waals surface area contributed by atoms with Crippen LogP contribution in [0, 0.1) is 0 Å². The highest BCUT2D eigenvalue weighted by molar-refractivity contribution is 9.10. The molecule has 1 unspecified atom stereocenters. The summed E-state index contributed by atoms with van der Waals surface area (Å²) >= 11 is 3.54. The zero-order valence-electron chi connectivity index (χ0n) is 8.95. The van der Waals surface area contributed by atoms with E-state index in [0.717, 1.165) is 29.5 Å².